The Morgan fingerprint density at radius 1 is 1.39 bits per heavy atom. The van der Waals surface area contributed by atoms with Gasteiger partial charge in [-0.1, -0.05) is 12.1 Å². The van der Waals surface area contributed by atoms with Crippen molar-refractivity contribution in [2.45, 2.75) is 33.4 Å². The molecule has 1 aromatic heterocycles. The van der Waals surface area contributed by atoms with Gasteiger partial charge in [-0.3, -0.25) is 0 Å². The molecular formula is C14H17FN2O. The molecule has 0 spiro atoms. The average Bonchev–Trinajstić information content (AvgIpc) is 2.75. The fourth-order valence-electron chi connectivity index (χ4n) is 1.72. The first kappa shape index (κ1) is 12.8. The normalized spacial score (nSPS) is 12.7. The van der Waals surface area contributed by atoms with Crippen molar-refractivity contribution in [3.63, 3.8) is 0 Å². The molecule has 4 heteroatoms. The Hall–Kier alpha value is -1.68. The molecule has 0 amide bonds. The predicted molar refractivity (Wildman–Crippen MR) is 67.6 cm³/mol. The van der Waals surface area contributed by atoms with Crippen molar-refractivity contribution in [2.24, 2.45) is 0 Å². The number of benzene rings is 1. The summed E-state index contributed by atoms with van der Waals surface area (Å²) in [6.07, 6.45) is 1.69. The monoisotopic (exact) mass is 248 g/mol. The van der Waals surface area contributed by atoms with E-state index in [1.54, 1.807) is 25.3 Å². The number of rotatable bonds is 4. The zero-order valence-corrected chi connectivity index (χ0v) is 10.8. The summed E-state index contributed by atoms with van der Waals surface area (Å²) < 4.78 is 18.8. The molecule has 0 unspecified atom stereocenters. The van der Waals surface area contributed by atoms with E-state index in [2.05, 4.69) is 10.3 Å². The fraction of sp³-hybridized carbons (Fsp3) is 0.357. The maximum atomic E-state index is 13.4. The largest absolute Gasteiger partial charge is 0.445 e. The lowest BCUT2D eigenvalue weighted by atomic mass is 10.1. The van der Waals surface area contributed by atoms with Gasteiger partial charge in [0.2, 0.25) is 5.89 Å². The van der Waals surface area contributed by atoms with E-state index >= 15 is 0 Å². The molecule has 2 rings (SSSR count). The van der Waals surface area contributed by atoms with Gasteiger partial charge in [0.05, 0.1) is 12.7 Å². The van der Waals surface area contributed by atoms with Crippen LogP contribution in [-0.4, -0.2) is 4.98 Å². The van der Waals surface area contributed by atoms with E-state index in [0.717, 1.165) is 11.3 Å². The zero-order valence-electron chi connectivity index (χ0n) is 10.8. The van der Waals surface area contributed by atoms with Crippen molar-refractivity contribution in [3.05, 3.63) is 53.0 Å². The summed E-state index contributed by atoms with van der Waals surface area (Å²) in [6.45, 7) is 6.13. The van der Waals surface area contributed by atoms with Crippen molar-refractivity contribution in [1.82, 2.24) is 10.3 Å². The van der Waals surface area contributed by atoms with E-state index in [9.17, 15) is 4.39 Å². The first-order chi connectivity index (χ1) is 8.56. The lowest BCUT2D eigenvalue weighted by molar-refractivity contribution is 0.431. The Morgan fingerprint density at radius 3 is 2.78 bits per heavy atom. The topological polar surface area (TPSA) is 38.1 Å². The van der Waals surface area contributed by atoms with Gasteiger partial charge in [0, 0.05) is 6.04 Å². The van der Waals surface area contributed by atoms with Gasteiger partial charge in [0.25, 0.3) is 0 Å². The smallest absolute Gasteiger partial charge is 0.208 e. The number of oxazole rings is 1. The molecular weight excluding hydrogens is 231 g/mol. The summed E-state index contributed by atoms with van der Waals surface area (Å²) in [4.78, 5) is 4.11. The van der Waals surface area contributed by atoms with Crippen LogP contribution in [0, 0.1) is 19.7 Å². The molecule has 3 nitrogen and oxygen atoms in total. The van der Waals surface area contributed by atoms with Crippen LogP contribution >= 0.6 is 0 Å². The molecule has 0 saturated carbocycles. The van der Waals surface area contributed by atoms with Crippen molar-refractivity contribution in [1.29, 1.82) is 0 Å². The van der Waals surface area contributed by atoms with Crippen LogP contribution in [-0.2, 0) is 6.54 Å². The highest BCUT2D eigenvalue weighted by Gasteiger charge is 2.09. The number of aryl methyl sites for hydroxylation is 2. The summed E-state index contributed by atoms with van der Waals surface area (Å²) >= 11 is 0. The third kappa shape index (κ3) is 2.96. The summed E-state index contributed by atoms with van der Waals surface area (Å²) in [5.41, 5.74) is 1.58. The Morgan fingerprint density at radius 2 is 2.17 bits per heavy atom. The molecule has 0 saturated heterocycles. The van der Waals surface area contributed by atoms with E-state index < -0.39 is 0 Å². The van der Waals surface area contributed by atoms with Crippen LogP contribution < -0.4 is 5.32 Å². The number of halogens is 1. The molecule has 0 aliphatic rings. The highest BCUT2D eigenvalue weighted by Crippen LogP contribution is 2.16. The van der Waals surface area contributed by atoms with E-state index in [1.807, 2.05) is 19.9 Å². The summed E-state index contributed by atoms with van der Waals surface area (Å²) in [5, 5.41) is 3.25. The third-order valence-corrected chi connectivity index (χ3v) is 2.92. The second kappa shape index (κ2) is 5.31. The van der Waals surface area contributed by atoms with Gasteiger partial charge in [0.15, 0.2) is 0 Å². The number of hydrogen-bond acceptors (Lipinski definition) is 3. The summed E-state index contributed by atoms with van der Waals surface area (Å²) in [5.74, 6) is 1.26. The van der Waals surface area contributed by atoms with Crippen LogP contribution in [0.15, 0.2) is 28.8 Å². The first-order valence-corrected chi connectivity index (χ1v) is 5.97. The average molecular weight is 248 g/mol. The third-order valence-electron chi connectivity index (χ3n) is 2.92. The minimum absolute atomic E-state index is 0.0484. The Labute approximate surface area is 106 Å². The van der Waals surface area contributed by atoms with Crippen molar-refractivity contribution >= 4 is 0 Å². The molecule has 0 radical (unpaired) electrons. The molecule has 1 heterocycles. The molecule has 0 fully saturated rings. The van der Waals surface area contributed by atoms with Crippen molar-refractivity contribution < 1.29 is 8.81 Å². The maximum absolute atomic E-state index is 13.4. The van der Waals surface area contributed by atoms with Crippen LogP contribution in [0.25, 0.3) is 0 Å². The van der Waals surface area contributed by atoms with Gasteiger partial charge in [-0.25, -0.2) is 9.37 Å². The van der Waals surface area contributed by atoms with Crippen LogP contribution in [0.5, 0.6) is 0 Å². The first-order valence-electron chi connectivity index (χ1n) is 5.97. The highest BCUT2D eigenvalue weighted by molar-refractivity contribution is 5.25. The van der Waals surface area contributed by atoms with E-state index in [0.29, 0.717) is 18.0 Å². The molecule has 1 N–H and O–H groups in total. The molecule has 1 atom stereocenters. The van der Waals surface area contributed by atoms with E-state index in [-0.39, 0.29) is 11.9 Å². The van der Waals surface area contributed by atoms with Crippen LogP contribution in [0.1, 0.15) is 35.7 Å². The molecule has 96 valence electrons. The second-order valence-electron chi connectivity index (χ2n) is 4.48. The predicted octanol–water partition coefficient (Wildman–Crippen LogP) is 3.28. The number of aromatic nitrogens is 1. The van der Waals surface area contributed by atoms with Gasteiger partial charge < -0.3 is 9.73 Å². The van der Waals surface area contributed by atoms with Crippen LogP contribution in [0.4, 0.5) is 4.39 Å². The quantitative estimate of drug-likeness (QED) is 0.902. The zero-order chi connectivity index (χ0) is 13.1. The van der Waals surface area contributed by atoms with E-state index in [4.69, 9.17) is 4.42 Å². The van der Waals surface area contributed by atoms with Gasteiger partial charge in [0.1, 0.15) is 11.6 Å². The molecule has 0 aliphatic heterocycles. The summed E-state index contributed by atoms with van der Waals surface area (Å²) in [7, 11) is 0. The molecule has 18 heavy (non-hydrogen) atoms. The lowest BCUT2D eigenvalue weighted by Gasteiger charge is -2.13. The Kier molecular flexibility index (Phi) is 3.77. The molecule has 0 aliphatic carbocycles. The van der Waals surface area contributed by atoms with Crippen molar-refractivity contribution in [2.75, 3.05) is 0 Å². The molecule has 0 bridgehead atoms. The van der Waals surface area contributed by atoms with Crippen LogP contribution in [0.2, 0.25) is 0 Å². The minimum Gasteiger partial charge on any atom is -0.445 e. The van der Waals surface area contributed by atoms with Crippen LogP contribution in [0.3, 0.4) is 0 Å². The van der Waals surface area contributed by atoms with Gasteiger partial charge in [-0.2, -0.15) is 0 Å². The van der Waals surface area contributed by atoms with E-state index in [1.165, 1.54) is 0 Å². The molecule has 2 aromatic rings. The minimum atomic E-state index is -0.173. The number of nitrogens with zero attached hydrogens (tertiary/aromatic N) is 1. The van der Waals surface area contributed by atoms with Crippen molar-refractivity contribution in [3.8, 4) is 0 Å². The van der Waals surface area contributed by atoms with Gasteiger partial charge in [-0.05, 0) is 38.0 Å². The number of nitrogens with one attached hydrogen (secondary N) is 1. The second-order valence-corrected chi connectivity index (χ2v) is 4.48. The van der Waals surface area contributed by atoms with Gasteiger partial charge >= 0.3 is 0 Å². The fourth-order valence-corrected chi connectivity index (χ4v) is 1.72. The maximum Gasteiger partial charge on any atom is 0.208 e. The SMILES string of the molecule is Cc1cnc(CN[C@H](C)c2ccc(C)c(F)c2)o1. The molecule has 1 aromatic carbocycles. The van der Waals surface area contributed by atoms with Gasteiger partial charge in [-0.15, -0.1) is 0 Å². The Balaban J connectivity index is 1.99. The lowest BCUT2D eigenvalue weighted by Crippen LogP contribution is -2.18. The Bertz CT molecular complexity index is 536. The number of hydrogen-bond donors (Lipinski definition) is 1. The highest BCUT2D eigenvalue weighted by atomic mass is 19.1. The standard InChI is InChI=1S/C14H17FN2O/c1-9-4-5-12(6-13(9)15)11(3)16-8-14-17-7-10(2)18-14/h4-7,11,16H,8H2,1-3H3/t11-/m1/s1. The summed E-state index contributed by atoms with van der Waals surface area (Å²) in [6, 6.07) is 5.33.